The quantitative estimate of drug-likeness (QED) is 0.449. The zero-order chi connectivity index (χ0) is 22.3. The topological polar surface area (TPSA) is 62.6 Å². The van der Waals surface area contributed by atoms with Crippen molar-refractivity contribution in [1.29, 1.82) is 0 Å². The highest BCUT2D eigenvalue weighted by atomic mass is 32.2. The van der Waals surface area contributed by atoms with Crippen LogP contribution >= 0.6 is 23.5 Å². The van der Waals surface area contributed by atoms with E-state index in [0.29, 0.717) is 24.4 Å². The van der Waals surface area contributed by atoms with E-state index < -0.39 is 0 Å². The van der Waals surface area contributed by atoms with Gasteiger partial charge in [0.05, 0.1) is 18.6 Å². The number of aryl methyl sites for hydroxylation is 1. The first-order chi connectivity index (χ1) is 15.6. The fraction of sp³-hybridized carbons (Fsp3) is 0.280. The standard InChI is InChI=1S/C25H26N2O3S2/c1-18-4-2-5-19(14-18)16-31-13-11-26-24(29)20-7-9-21(10-8-20)25-27(23(28)17-32-25)15-22-6-3-12-30-22/h2-10,12,14,25H,11,13,15-17H2,1H3,(H,26,29)/t25-/m1/s1. The zero-order valence-corrected chi connectivity index (χ0v) is 19.6. The fourth-order valence-electron chi connectivity index (χ4n) is 3.60. The molecule has 3 aromatic rings. The molecule has 1 aliphatic heterocycles. The van der Waals surface area contributed by atoms with E-state index in [1.165, 1.54) is 11.1 Å². The minimum absolute atomic E-state index is 0.0669. The number of amides is 2. The van der Waals surface area contributed by atoms with Crippen LogP contribution < -0.4 is 5.32 Å². The summed E-state index contributed by atoms with van der Waals surface area (Å²) in [5.74, 6) is 3.05. The van der Waals surface area contributed by atoms with Crippen LogP contribution in [0.15, 0.2) is 71.3 Å². The maximum atomic E-state index is 12.5. The van der Waals surface area contributed by atoms with Gasteiger partial charge in [0.15, 0.2) is 0 Å². The minimum Gasteiger partial charge on any atom is -0.467 e. The summed E-state index contributed by atoms with van der Waals surface area (Å²) in [6.45, 7) is 3.17. The van der Waals surface area contributed by atoms with Crippen LogP contribution in [0.4, 0.5) is 0 Å². The van der Waals surface area contributed by atoms with Gasteiger partial charge in [-0.3, -0.25) is 9.59 Å². The van der Waals surface area contributed by atoms with Gasteiger partial charge in [0.1, 0.15) is 11.1 Å². The molecule has 7 heteroatoms. The number of carbonyl (C=O) groups excluding carboxylic acids is 2. The number of nitrogens with one attached hydrogen (secondary N) is 1. The van der Waals surface area contributed by atoms with Crippen molar-refractivity contribution in [1.82, 2.24) is 10.2 Å². The Morgan fingerprint density at radius 3 is 2.78 bits per heavy atom. The van der Waals surface area contributed by atoms with Crippen molar-refractivity contribution in [3.63, 3.8) is 0 Å². The van der Waals surface area contributed by atoms with Crippen molar-refractivity contribution in [2.75, 3.05) is 18.1 Å². The third-order valence-corrected chi connectivity index (χ3v) is 7.50. The average molecular weight is 467 g/mol. The van der Waals surface area contributed by atoms with Crippen LogP contribution in [-0.2, 0) is 17.1 Å². The van der Waals surface area contributed by atoms with Gasteiger partial charge in [0.25, 0.3) is 5.91 Å². The van der Waals surface area contributed by atoms with E-state index in [1.807, 2.05) is 53.1 Å². The molecule has 2 amide bonds. The smallest absolute Gasteiger partial charge is 0.251 e. The Morgan fingerprint density at radius 1 is 1.19 bits per heavy atom. The van der Waals surface area contributed by atoms with Crippen LogP contribution in [0.25, 0.3) is 0 Å². The van der Waals surface area contributed by atoms with Gasteiger partial charge in [-0.25, -0.2) is 0 Å². The van der Waals surface area contributed by atoms with E-state index in [1.54, 1.807) is 18.0 Å². The van der Waals surface area contributed by atoms with E-state index in [4.69, 9.17) is 4.42 Å². The van der Waals surface area contributed by atoms with Crippen LogP contribution in [0, 0.1) is 6.92 Å². The Labute approximate surface area is 196 Å². The Kier molecular flexibility index (Phi) is 7.60. The monoisotopic (exact) mass is 466 g/mol. The van der Waals surface area contributed by atoms with Crippen LogP contribution in [0.1, 0.15) is 38.2 Å². The highest BCUT2D eigenvalue weighted by Gasteiger charge is 2.33. The molecule has 1 N–H and O–H groups in total. The lowest BCUT2D eigenvalue weighted by Gasteiger charge is -2.23. The molecule has 2 heterocycles. The summed E-state index contributed by atoms with van der Waals surface area (Å²) in [4.78, 5) is 26.6. The molecule has 0 aliphatic carbocycles. The number of rotatable bonds is 9. The SMILES string of the molecule is Cc1cccc(CSCCNC(=O)c2ccc([C@H]3SCC(=O)N3Cc3ccco3)cc2)c1. The molecule has 1 atom stereocenters. The summed E-state index contributed by atoms with van der Waals surface area (Å²) < 4.78 is 5.41. The molecule has 0 saturated carbocycles. The van der Waals surface area contributed by atoms with Gasteiger partial charge in [-0.2, -0.15) is 11.8 Å². The van der Waals surface area contributed by atoms with E-state index in [2.05, 4.69) is 36.5 Å². The third kappa shape index (κ3) is 5.78. The first-order valence-corrected chi connectivity index (χ1v) is 12.8. The van der Waals surface area contributed by atoms with Crippen molar-refractivity contribution < 1.29 is 14.0 Å². The van der Waals surface area contributed by atoms with Crippen molar-refractivity contribution in [3.05, 3.63) is 94.9 Å². The summed E-state index contributed by atoms with van der Waals surface area (Å²) >= 11 is 3.41. The first-order valence-electron chi connectivity index (χ1n) is 10.5. The second kappa shape index (κ2) is 10.8. The number of carbonyl (C=O) groups is 2. The molecular weight excluding hydrogens is 440 g/mol. The molecule has 4 rings (SSSR count). The first kappa shape index (κ1) is 22.6. The van der Waals surface area contributed by atoms with Crippen LogP contribution in [0.2, 0.25) is 0 Å². The second-order valence-corrected chi connectivity index (χ2v) is 9.86. The van der Waals surface area contributed by atoms with Crippen molar-refractivity contribution in [2.45, 2.75) is 24.6 Å². The molecule has 2 aromatic carbocycles. The Balaban J connectivity index is 1.26. The number of furan rings is 1. The number of thioether (sulfide) groups is 2. The van der Waals surface area contributed by atoms with E-state index in [9.17, 15) is 9.59 Å². The third-order valence-electron chi connectivity index (χ3n) is 5.22. The predicted octanol–water partition coefficient (Wildman–Crippen LogP) is 5.03. The summed E-state index contributed by atoms with van der Waals surface area (Å²) in [5.41, 5.74) is 4.22. The molecule has 1 saturated heterocycles. The zero-order valence-electron chi connectivity index (χ0n) is 18.0. The maximum Gasteiger partial charge on any atom is 0.251 e. The predicted molar refractivity (Wildman–Crippen MR) is 131 cm³/mol. The second-order valence-electron chi connectivity index (χ2n) is 7.68. The Hall–Kier alpha value is -2.64. The van der Waals surface area contributed by atoms with Gasteiger partial charge >= 0.3 is 0 Å². The van der Waals surface area contributed by atoms with E-state index in [0.717, 1.165) is 22.8 Å². The number of nitrogens with zero attached hydrogens (tertiary/aromatic N) is 1. The molecule has 5 nitrogen and oxygen atoms in total. The molecule has 0 bridgehead atoms. The Bertz CT molecular complexity index is 1050. The normalized spacial score (nSPS) is 15.8. The Morgan fingerprint density at radius 2 is 2.03 bits per heavy atom. The largest absolute Gasteiger partial charge is 0.467 e. The van der Waals surface area contributed by atoms with Gasteiger partial charge in [0, 0.05) is 23.6 Å². The number of benzene rings is 2. The molecule has 1 fully saturated rings. The summed E-state index contributed by atoms with van der Waals surface area (Å²) in [6.07, 6.45) is 1.62. The molecule has 0 spiro atoms. The molecule has 166 valence electrons. The van der Waals surface area contributed by atoms with Gasteiger partial charge in [-0.15, -0.1) is 11.8 Å². The van der Waals surface area contributed by atoms with Gasteiger partial charge in [-0.05, 0) is 42.3 Å². The molecule has 0 radical (unpaired) electrons. The van der Waals surface area contributed by atoms with Gasteiger partial charge < -0.3 is 14.6 Å². The van der Waals surface area contributed by atoms with Crippen LogP contribution in [0.5, 0.6) is 0 Å². The van der Waals surface area contributed by atoms with Crippen LogP contribution in [0.3, 0.4) is 0 Å². The van der Waals surface area contributed by atoms with Crippen LogP contribution in [-0.4, -0.2) is 34.8 Å². The highest BCUT2D eigenvalue weighted by molar-refractivity contribution is 8.00. The van der Waals surface area contributed by atoms with E-state index in [-0.39, 0.29) is 17.2 Å². The van der Waals surface area contributed by atoms with Crippen molar-refractivity contribution in [3.8, 4) is 0 Å². The summed E-state index contributed by atoms with van der Waals surface area (Å²) in [6, 6.07) is 19.7. The lowest BCUT2D eigenvalue weighted by atomic mass is 10.1. The molecule has 1 aromatic heterocycles. The number of hydrogen-bond acceptors (Lipinski definition) is 5. The van der Waals surface area contributed by atoms with Gasteiger partial charge in [0.2, 0.25) is 5.91 Å². The highest BCUT2D eigenvalue weighted by Crippen LogP contribution is 2.39. The molecular formula is C25H26N2O3S2. The number of hydrogen-bond donors (Lipinski definition) is 1. The van der Waals surface area contributed by atoms with E-state index >= 15 is 0 Å². The van der Waals surface area contributed by atoms with Crippen molar-refractivity contribution in [2.24, 2.45) is 0 Å². The lowest BCUT2D eigenvalue weighted by Crippen LogP contribution is -2.28. The average Bonchev–Trinajstić information content (AvgIpc) is 3.44. The van der Waals surface area contributed by atoms with Gasteiger partial charge in [-0.1, -0.05) is 42.0 Å². The van der Waals surface area contributed by atoms with Crippen molar-refractivity contribution >= 4 is 35.3 Å². The molecule has 0 unspecified atom stereocenters. The summed E-state index contributed by atoms with van der Waals surface area (Å²) in [7, 11) is 0. The molecule has 32 heavy (non-hydrogen) atoms. The minimum atomic E-state index is -0.0738. The summed E-state index contributed by atoms with van der Waals surface area (Å²) in [5, 5.41) is 2.92. The lowest BCUT2D eigenvalue weighted by molar-refractivity contribution is -0.128. The maximum absolute atomic E-state index is 12.5. The molecule has 1 aliphatic rings. The fourth-order valence-corrected chi connectivity index (χ4v) is 5.60.